The third-order valence-corrected chi connectivity index (χ3v) is 4.05. The number of thiophene rings is 1. The zero-order valence-corrected chi connectivity index (χ0v) is 10.6. The maximum Gasteiger partial charge on any atom is 0.166 e. The summed E-state index contributed by atoms with van der Waals surface area (Å²) in [6, 6.07) is 0.165. The van der Waals surface area contributed by atoms with Crippen molar-refractivity contribution in [2.24, 2.45) is 0 Å². The lowest BCUT2D eigenvalue weighted by molar-refractivity contribution is 0.0676. The van der Waals surface area contributed by atoms with Gasteiger partial charge < -0.3 is 10.1 Å². The number of ketones is 1. The van der Waals surface area contributed by atoms with Crippen LogP contribution < -0.4 is 5.32 Å². The highest BCUT2D eigenvalue weighted by molar-refractivity contribution is 9.10. The number of nitrogens with one attached hydrogen (secondary N) is 1. The predicted molar refractivity (Wildman–Crippen MR) is 63.6 cm³/mol. The highest BCUT2D eigenvalue weighted by atomic mass is 79.9. The Morgan fingerprint density at radius 2 is 2.53 bits per heavy atom. The van der Waals surface area contributed by atoms with Crippen LogP contribution in [-0.2, 0) is 4.74 Å². The van der Waals surface area contributed by atoms with Crippen molar-refractivity contribution in [2.45, 2.75) is 12.5 Å². The molecule has 1 aliphatic heterocycles. The smallest absolute Gasteiger partial charge is 0.166 e. The molecule has 1 unspecified atom stereocenters. The first-order valence-electron chi connectivity index (χ1n) is 4.83. The van der Waals surface area contributed by atoms with Gasteiger partial charge in [-0.3, -0.25) is 4.79 Å². The third kappa shape index (κ3) is 2.87. The number of ether oxygens (including phenoxy) is 1. The molecule has 15 heavy (non-hydrogen) atoms. The first-order chi connectivity index (χ1) is 7.27. The minimum atomic E-state index is 0.165. The van der Waals surface area contributed by atoms with E-state index in [-0.39, 0.29) is 11.8 Å². The molecular weight excluding hydrogens is 278 g/mol. The molecular formula is C10H12BrNO2S. The second-order valence-corrected chi connectivity index (χ2v) is 5.08. The van der Waals surface area contributed by atoms with E-state index < -0.39 is 0 Å². The molecule has 1 N–H and O–H groups in total. The van der Waals surface area contributed by atoms with Gasteiger partial charge >= 0.3 is 0 Å². The van der Waals surface area contributed by atoms with E-state index in [2.05, 4.69) is 21.2 Å². The molecule has 0 bridgehead atoms. The van der Waals surface area contributed by atoms with Crippen molar-refractivity contribution < 1.29 is 9.53 Å². The zero-order valence-electron chi connectivity index (χ0n) is 8.16. The number of rotatable bonds is 3. The Hall–Kier alpha value is -0.230. The maximum absolute atomic E-state index is 11.9. The lowest BCUT2D eigenvalue weighted by atomic mass is 10.1. The average molecular weight is 290 g/mol. The summed E-state index contributed by atoms with van der Waals surface area (Å²) in [6.45, 7) is 2.21. The summed E-state index contributed by atoms with van der Waals surface area (Å²) >= 11 is 4.91. The number of Topliss-reactive ketones (excluding diaryl/α,β-unsaturated/α-hetero) is 1. The topological polar surface area (TPSA) is 38.3 Å². The Kier molecular flexibility index (Phi) is 3.91. The van der Waals surface area contributed by atoms with Gasteiger partial charge in [0.1, 0.15) is 0 Å². The molecule has 82 valence electrons. The fraction of sp³-hybridized carbons (Fsp3) is 0.500. The first kappa shape index (κ1) is 11.3. The lowest BCUT2D eigenvalue weighted by Crippen LogP contribution is -2.42. The summed E-state index contributed by atoms with van der Waals surface area (Å²) in [4.78, 5) is 11.9. The number of halogens is 1. The maximum atomic E-state index is 11.9. The van der Waals surface area contributed by atoms with Gasteiger partial charge in [-0.1, -0.05) is 0 Å². The summed E-state index contributed by atoms with van der Waals surface area (Å²) in [5.41, 5.74) is 0.785. The van der Waals surface area contributed by atoms with Gasteiger partial charge in [0.05, 0.1) is 13.2 Å². The van der Waals surface area contributed by atoms with Crippen molar-refractivity contribution in [1.82, 2.24) is 5.32 Å². The van der Waals surface area contributed by atoms with Crippen LogP contribution in [-0.4, -0.2) is 31.6 Å². The predicted octanol–water partition coefficient (Wildman–Crippen LogP) is 2.07. The van der Waals surface area contributed by atoms with Crippen molar-refractivity contribution in [1.29, 1.82) is 0 Å². The quantitative estimate of drug-likeness (QED) is 0.866. The van der Waals surface area contributed by atoms with Crippen molar-refractivity contribution in [2.75, 3.05) is 19.8 Å². The SMILES string of the molecule is O=C(CC1COCCN1)c1cscc1Br. The number of carbonyl (C=O) groups excluding carboxylic acids is 1. The molecule has 3 nitrogen and oxygen atoms in total. The normalized spacial score (nSPS) is 21.5. The van der Waals surface area contributed by atoms with E-state index in [0.717, 1.165) is 23.2 Å². The van der Waals surface area contributed by atoms with E-state index in [4.69, 9.17) is 4.74 Å². The van der Waals surface area contributed by atoms with Crippen LogP contribution >= 0.6 is 27.3 Å². The second kappa shape index (κ2) is 5.21. The molecule has 2 heterocycles. The van der Waals surface area contributed by atoms with Gasteiger partial charge in [0.15, 0.2) is 5.78 Å². The fourth-order valence-corrected chi connectivity index (χ4v) is 3.08. The lowest BCUT2D eigenvalue weighted by Gasteiger charge is -2.22. The highest BCUT2D eigenvalue weighted by Crippen LogP contribution is 2.23. The molecule has 1 atom stereocenters. The van der Waals surface area contributed by atoms with Crippen LogP contribution in [0.1, 0.15) is 16.8 Å². The molecule has 0 saturated carbocycles. The molecule has 0 radical (unpaired) electrons. The van der Waals surface area contributed by atoms with E-state index >= 15 is 0 Å². The average Bonchev–Trinajstić information content (AvgIpc) is 2.66. The van der Waals surface area contributed by atoms with E-state index in [1.54, 1.807) is 0 Å². The standard InChI is InChI=1S/C10H12BrNO2S/c11-9-6-15-5-8(9)10(13)3-7-4-14-2-1-12-7/h5-7,12H,1-4H2. The Morgan fingerprint density at radius 3 is 3.13 bits per heavy atom. The van der Waals surface area contributed by atoms with E-state index in [1.165, 1.54) is 11.3 Å². The van der Waals surface area contributed by atoms with E-state index in [9.17, 15) is 4.79 Å². The van der Waals surface area contributed by atoms with Crippen molar-refractivity contribution in [3.8, 4) is 0 Å². The molecule has 0 aliphatic carbocycles. The number of carbonyl (C=O) groups is 1. The number of hydrogen-bond donors (Lipinski definition) is 1. The molecule has 0 amide bonds. The van der Waals surface area contributed by atoms with Gasteiger partial charge in [-0.15, -0.1) is 0 Å². The summed E-state index contributed by atoms with van der Waals surface area (Å²) < 4.78 is 6.20. The van der Waals surface area contributed by atoms with Crippen LogP contribution in [0.5, 0.6) is 0 Å². The zero-order chi connectivity index (χ0) is 10.7. The van der Waals surface area contributed by atoms with Gasteiger partial charge in [0, 0.05) is 39.8 Å². The molecule has 0 spiro atoms. The summed E-state index contributed by atoms with van der Waals surface area (Å²) in [5.74, 6) is 0.172. The minimum Gasteiger partial charge on any atom is -0.378 e. The second-order valence-electron chi connectivity index (χ2n) is 3.49. The van der Waals surface area contributed by atoms with Gasteiger partial charge in [-0.05, 0) is 15.9 Å². The Morgan fingerprint density at radius 1 is 1.67 bits per heavy atom. The van der Waals surface area contributed by atoms with Crippen molar-refractivity contribution in [3.05, 3.63) is 20.8 Å². The molecule has 5 heteroatoms. The highest BCUT2D eigenvalue weighted by Gasteiger charge is 2.19. The molecule has 1 aliphatic rings. The largest absolute Gasteiger partial charge is 0.378 e. The number of hydrogen-bond acceptors (Lipinski definition) is 4. The molecule has 1 aromatic heterocycles. The Balaban J connectivity index is 1.94. The molecule has 1 fully saturated rings. The Bertz CT molecular complexity index is 347. The molecule has 2 rings (SSSR count). The van der Waals surface area contributed by atoms with E-state index in [0.29, 0.717) is 13.0 Å². The molecule has 0 aromatic carbocycles. The van der Waals surface area contributed by atoms with E-state index in [1.807, 2.05) is 10.8 Å². The first-order valence-corrected chi connectivity index (χ1v) is 6.57. The van der Waals surface area contributed by atoms with Crippen LogP contribution in [0.25, 0.3) is 0 Å². The minimum absolute atomic E-state index is 0.165. The fourth-order valence-electron chi connectivity index (χ4n) is 1.57. The van der Waals surface area contributed by atoms with Gasteiger partial charge in [0.2, 0.25) is 0 Å². The molecule has 1 saturated heterocycles. The molecule has 1 aromatic rings. The summed E-state index contributed by atoms with van der Waals surface area (Å²) in [7, 11) is 0. The monoisotopic (exact) mass is 289 g/mol. The summed E-state index contributed by atoms with van der Waals surface area (Å²) in [5, 5.41) is 7.09. The van der Waals surface area contributed by atoms with Gasteiger partial charge in [-0.25, -0.2) is 0 Å². The third-order valence-electron chi connectivity index (χ3n) is 2.35. The van der Waals surface area contributed by atoms with Crippen LogP contribution in [0.2, 0.25) is 0 Å². The summed E-state index contributed by atoms with van der Waals surface area (Å²) in [6.07, 6.45) is 0.509. The van der Waals surface area contributed by atoms with Crippen molar-refractivity contribution >= 4 is 33.0 Å². The number of morpholine rings is 1. The Labute approximate surface area is 101 Å². The van der Waals surface area contributed by atoms with Gasteiger partial charge in [-0.2, -0.15) is 11.3 Å². The van der Waals surface area contributed by atoms with Gasteiger partial charge in [0.25, 0.3) is 0 Å². The van der Waals surface area contributed by atoms with Crippen LogP contribution in [0.4, 0.5) is 0 Å². The van der Waals surface area contributed by atoms with Crippen molar-refractivity contribution in [3.63, 3.8) is 0 Å². The van der Waals surface area contributed by atoms with Crippen LogP contribution in [0, 0.1) is 0 Å². The van der Waals surface area contributed by atoms with Crippen LogP contribution in [0.3, 0.4) is 0 Å². The van der Waals surface area contributed by atoms with Crippen LogP contribution in [0.15, 0.2) is 15.2 Å².